The van der Waals surface area contributed by atoms with Crippen LogP contribution in [-0.2, 0) is 33.5 Å². The van der Waals surface area contributed by atoms with Gasteiger partial charge in [0.05, 0.1) is 17.3 Å². The van der Waals surface area contributed by atoms with E-state index in [1.54, 1.807) is 61.7 Å². The van der Waals surface area contributed by atoms with Crippen LogP contribution < -0.4 is 5.32 Å². The van der Waals surface area contributed by atoms with E-state index in [4.69, 9.17) is 4.74 Å². The van der Waals surface area contributed by atoms with Crippen LogP contribution in [0.4, 0.5) is 0 Å². The maximum atomic E-state index is 12.6. The molecule has 0 radical (unpaired) electrons. The number of sulfone groups is 1. The van der Waals surface area contributed by atoms with E-state index in [-0.39, 0.29) is 16.6 Å². The number of ether oxygens (including phenoxy) is 1. The molecular weight excluding hydrogens is 386 g/mol. The maximum absolute atomic E-state index is 12.6. The Kier molecular flexibility index (Phi) is 6.80. The number of hydrogen-bond donors (Lipinski definition) is 1. The van der Waals surface area contributed by atoms with Crippen LogP contribution in [-0.4, -0.2) is 21.4 Å². The van der Waals surface area contributed by atoms with Crippen molar-refractivity contribution in [3.8, 4) is 0 Å². The van der Waals surface area contributed by atoms with Gasteiger partial charge in [-0.15, -0.1) is 0 Å². The molecule has 0 aliphatic rings. The van der Waals surface area contributed by atoms with Gasteiger partial charge in [0.2, 0.25) is 0 Å². The second-order valence-corrected chi connectivity index (χ2v) is 8.70. The lowest BCUT2D eigenvalue weighted by Gasteiger charge is -2.09. The van der Waals surface area contributed by atoms with Gasteiger partial charge in [-0.3, -0.25) is 4.79 Å². The molecule has 0 saturated heterocycles. The van der Waals surface area contributed by atoms with E-state index < -0.39 is 9.84 Å². The van der Waals surface area contributed by atoms with Gasteiger partial charge in [-0.05, 0) is 41.0 Å². The second-order valence-electron chi connectivity index (χ2n) is 6.71. The zero-order chi connectivity index (χ0) is 20.7. The lowest BCUT2D eigenvalue weighted by atomic mass is 10.1. The molecule has 5 nitrogen and oxygen atoms in total. The third kappa shape index (κ3) is 5.76. The Labute approximate surface area is 171 Å². The van der Waals surface area contributed by atoms with Gasteiger partial charge in [0, 0.05) is 19.2 Å². The fourth-order valence-corrected chi connectivity index (χ4v) is 4.37. The highest BCUT2D eigenvalue weighted by Crippen LogP contribution is 2.17. The van der Waals surface area contributed by atoms with E-state index in [0.717, 1.165) is 11.1 Å². The van der Waals surface area contributed by atoms with E-state index in [1.165, 1.54) is 0 Å². The summed E-state index contributed by atoms with van der Waals surface area (Å²) in [5, 5.41) is 2.88. The summed E-state index contributed by atoms with van der Waals surface area (Å²) in [6, 6.07) is 22.8. The van der Waals surface area contributed by atoms with Gasteiger partial charge in [-0.2, -0.15) is 0 Å². The summed E-state index contributed by atoms with van der Waals surface area (Å²) in [5.41, 5.74) is 3.01. The van der Waals surface area contributed by atoms with Gasteiger partial charge in [0.1, 0.15) is 0 Å². The third-order valence-corrected chi connectivity index (χ3v) is 6.11. The Balaban J connectivity index is 1.67. The van der Waals surface area contributed by atoms with Crippen LogP contribution in [0.25, 0.3) is 0 Å². The number of carbonyl (C=O) groups excluding carboxylic acids is 1. The average molecular weight is 410 g/mol. The van der Waals surface area contributed by atoms with Gasteiger partial charge in [0.15, 0.2) is 9.84 Å². The summed E-state index contributed by atoms with van der Waals surface area (Å²) in [7, 11) is -1.83. The highest BCUT2D eigenvalue weighted by Gasteiger charge is 2.16. The number of benzene rings is 3. The first-order valence-corrected chi connectivity index (χ1v) is 10.8. The number of rotatable bonds is 8. The summed E-state index contributed by atoms with van der Waals surface area (Å²) >= 11 is 0. The van der Waals surface area contributed by atoms with E-state index >= 15 is 0 Å². The third-order valence-electron chi connectivity index (χ3n) is 4.40. The topological polar surface area (TPSA) is 72.5 Å². The molecule has 6 heteroatoms. The standard InChI is InChI=1S/C23H23NO4S/c1-28-16-19-8-5-7-18(13-19)15-24-23(25)21-10-6-9-20(14-21)17-29(26,27)22-11-3-2-4-12-22/h2-14H,15-17H2,1H3,(H,24,25). The number of amides is 1. The molecule has 0 aliphatic carbocycles. The smallest absolute Gasteiger partial charge is 0.251 e. The van der Waals surface area contributed by atoms with Gasteiger partial charge in [-0.25, -0.2) is 8.42 Å². The summed E-state index contributed by atoms with van der Waals surface area (Å²) in [4.78, 5) is 12.8. The van der Waals surface area contributed by atoms with Crippen molar-refractivity contribution in [2.45, 2.75) is 23.8 Å². The summed E-state index contributed by atoms with van der Waals surface area (Å²) in [6.45, 7) is 0.892. The molecule has 0 atom stereocenters. The van der Waals surface area contributed by atoms with Crippen LogP contribution in [0.5, 0.6) is 0 Å². The number of nitrogens with one attached hydrogen (secondary N) is 1. The zero-order valence-corrected chi connectivity index (χ0v) is 17.0. The molecule has 1 N–H and O–H groups in total. The molecule has 3 aromatic rings. The van der Waals surface area contributed by atoms with Crippen molar-refractivity contribution in [2.24, 2.45) is 0 Å². The quantitative estimate of drug-likeness (QED) is 0.615. The Morgan fingerprint density at radius 2 is 1.55 bits per heavy atom. The van der Waals surface area contributed by atoms with Crippen molar-refractivity contribution < 1.29 is 17.9 Å². The lowest BCUT2D eigenvalue weighted by Crippen LogP contribution is -2.23. The molecule has 3 aromatic carbocycles. The van der Waals surface area contributed by atoms with Crippen LogP contribution in [0.15, 0.2) is 83.8 Å². The molecule has 0 spiro atoms. The van der Waals surface area contributed by atoms with Crippen molar-refractivity contribution in [2.75, 3.05) is 7.11 Å². The molecule has 0 unspecified atom stereocenters. The average Bonchev–Trinajstić information content (AvgIpc) is 2.73. The van der Waals surface area contributed by atoms with Gasteiger partial charge in [-0.1, -0.05) is 54.6 Å². The van der Waals surface area contributed by atoms with E-state index in [1.807, 2.05) is 24.3 Å². The first-order chi connectivity index (χ1) is 14.0. The minimum atomic E-state index is -3.46. The van der Waals surface area contributed by atoms with Crippen LogP contribution in [0.1, 0.15) is 27.0 Å². The van der Waals surface area contributed by atoms with E-state index in [0.29, 0.717) is 24.3 Å². The molecule has 0 aliphatic heterocycles. The predicted octanol–water partition coefficient (Wildman–Crippen LogP) is 3.74. The molecular formula is C23H23NO4S. The minimum absolute atomic E-state index is 0.156. The fraction of sp³-hybridized carbons (Fsp3) is 0.174. The van der Waals surface area contributed by atoms with Crippen LogP contribution in [0.2, 0.25) is 0 Å². The molecule has 0 fully saturated rings. The van der Waals surface area contributed by atoms with Crippen LogP contribution >= 0.6 is 0 Å². The van der Waals surface area contributed by atoms with Crippen molar-refractivity contribution in [1.29, 1.82) is 0 Å². The number of carbonyl (C=O) groups is 1. The Hall–Kier alpha value is -2.96. The lowest BCUT2D eigenvalue weighted by molar-refractivity contribution is 0.0950. The van der Waals surface area contributed by atoms with Gasteiger partial charge in [0.25, 0.3) is 5.91 Å². The number of hydrogen-bond acceptors (Lipinski definition) is 4. The Bertz CT molecular complexity index is 1080. The van der Waals surface area contributed by atoms with Gasteiger partial charge >= 0.3 is 0 Å². The normalized spacial score (nSPS) is 11.2. The van der Waals surface area contributed by atoms with E-state index in [9.17, 15) is 13.2 Å². The van der Waals surface area contributed by atoms with Crippen molar-refractivity contribution >= 4 is 15.7 Å². The first kappa shape index (κ1) is 20.8. The Morgan fingerprint density at radius 1 is 0.862 bits per heavy atom. The molecule has 0 bridgehead atoms. The summed E-state index contributed by atoms with van der Waals surface area (Å²) < 4.78 is 30.3. The molecule has 1 amide bonds. The highest BCUT2D eigenvalue weighted by molar-refractivity contribution is 7.90. The minimum Gasteiger partial charge on any atom is -0.380 e. The van der Waals surface area contributed by atoms with Gasteiger partial charge < -0.3 is 10.1 Å². The SMILES string of the molecule is COCc1cccc(CNC(=O)c2cccc(CS(=O)(=O)c3ccccc3)c2)c1. The summed E-state index contributed by atoms with van der Waals surface area (Å²) in [5.74, 6) is -0.405. The van der Waals surface area contributed by atoms with E-state index in [2.05, 4.69) is 5.32 Å². The predicted molar refractivity (Wildman–Crippen MR) is 112 cm³/mol. The Morgan fingerprint density at radius 3 is 2.31 bits per heavy atom. The molecule has 150 valence electrons. The molecule has 0 aromatic heterocycles. The van der Waals surface area contributed by atoms with Crippen molar-refractivity contribution in [3.05, 3.63) is 101 Å². The fourth-order valence-electron chi connectivity index (χ4n) is 3.01. The largest absolute Gasteiger partial charge is 0.380 e. The van der Waals surface area contributed by atoms with Crippen LogP contribution in [0.3, 0.4) is 0 Å². The zero-order valence-electron chi connectivity index (χ0n) is 16.2. The molecule has 0 saturated carbocycles. The van der Waals surface area contributed by atoms with Crippen molar-refractivity contribution in [3.63, 3.8) is 0 Å². The summed E-state index contributed by atoms with van der Waals surface area (Å²) in [6.07, 6.45) is 0. The maximum Gasteiger partial charge on any atom is 0.251 e. The molecule has 0 heterocycles. The first-order valence-electron chi connectivity index (χ1n) is 9.19. The van der Waals surface area contributed by atoms with Crippen LogP contribution in [0, 0.1) is 0 Å². The monoisotopic (exact) mass is 409 g/mol. The highest BCUT2D eigenvalue weighted by atomic mass is 32.2. The van der Waals surface area contributed by atoms with Crippen molar-refractivity contribution in [1.82, 2.24) is 5.32 Å². The molecule has 29 heavy (non-hydrogen) atoms. The molecule has 3 rings (SSSR count). The number of methoxy groups -OCH3 is 1. The second kappa shape index (κ2) is 9.49.